The largest absolute Gasteiger partial charge is 0.417 e. The Morgan fingerprint density at radius 2 is 1.70 bits per heavy atom. The first-order valence-corrected chi connectivity index (χ1v) is 7.77. The molecule has 1 amide bonds. The molecule has 2 aromatic rings. The highest BCUT2D eigenvalue weighted by Gasteiger charge is 2.20. The second kappa shape index (κ2) is 6.84. The number of quaternary nitrogens is 1. The van der Waals surface area contributed by atoms with Crippen LogP contribution in [0.15, 0.2) is 48.5 Å². The molecule has 122 valence electrons. The summed E-state index contributed by atoms with van der Waals surface area (Å²) >= 11 is 0. The van der Waals surface area contributed by atoms with Gasteiger partial charge in [-0.15, -0.1) is 0 Å². The summed E-state index contributed by atoms with van der Waals surface area (Å²) in [5.41, 5.74) is 3.11. The Balaban J connectivity index is 2.17. The number of anilines is 1. The van der Waals surface area contributed by atoms with Crippen molar-refractivity contribution in [1.82, 2.24) is 4.48 Å². The first-order chi connectivity index (χ1) is 10.8. The molecular formula is C19H25N2O2+. The van der Waals surface area contributed by atoms with Crippen LogP contribution in [0.25, 0.3) is 0 Å². The van der Waals surface area contributed by atoms with E-state index >= 15 is 0 Å². The lowest BCUT2D eigenvalue weighted by molar-refractivity contribution is 0.215. The highest BCUT2D eigenvalue weighted by Crippen LogP contribution is 2.32. The highest BCUT2D eigenvalue weighted by molar-refractivity contribution is 5.86. The third-order valence-electron chi connectivity index (χ3n) is 3.57. The smallest absolute Gasteiger partial charge is 0.410 e. The van der Waals surface area contributed by atoms with Gasteiger partial charge in [0, 0.05) is 17.3 Å². The van der Waals surface area contributed by atoms with Crippen LogP contribution in [0, 0.1) is 0 Å². The number of nitrogens with zero attached hydrogens (tertiary/aromatic N) is 1. The Labute approximate surface area is 138 Å². The van der Waals surface area contributed by atoms with Crippen LogP contribution in [0.1, 0.15) is 25.3 Å². The zero-order valence-electron chi connectivity index (χ0n) is 14.5. The van der Waals surface area contributed by atoms with Crippen LogP contribution in [-0.4, -0.2) is 27.2 Å². The number of amides is 1. The fourth-order valence-electron chi connectivity index (χ4n) is 2.44. The summed E-state index contributed by atoms with van der Waals surface area (Å²) in [7, 11) is 6.39. The fraction of sp³-hybridized carbons (Fsp3) is 0.316. The van der Waals surface area contributed by atoms with Gasteiger partial charge >= 0.3 is 6.09 Å². The summed E-state index contributed by atoms with van der Waals surface area (Å²) in [5, 5.41) is 2.72. The number of para-hydroxylation sites is 1. The average molecular weight is 313 g/mol. The van der Waals surface area contributed by atoms with Gasteiger partial charge in [-0.1, -0.05) is 32.0 Å². The predicted octanol–water partition coefficient (Wildman–Crippen LogP) is 4.62. The van der Waals surface area contributed by atoms with Crippen LogP contribution in [0.2, 0.25) is 0 Å². The third-order valence-corrected chi connectivity index (χ3v) is 3.57. The summed E-state index contributed by atoms with van der Waals surface area (Å²) < 4.78 is 6.15. The lowest BCUT2D eigenvalue weighted by Crippen LogP contribution is -2.35. The molecule has 0 aliphatic rings. The maximum absolute atomic E-state index is 12.0. The van der Waals surface area contributed by atoms with Gasteiger partial charge in [0.15, 0.2) is 0 Å². The van der Waals surface area contributed by atoms with E-state index in [0.29, 0.717) is 17.4 Å². The van der Waals surface area contributed by atoms with Crippen molar-refractivity contribution in [3.63, 3.8) is 0 Å². The summed E-state index contributed by atoms with van der Waals surface area (Å²) in [6.07, 6.45) is -0.482. The molecule has 0 aromatic heterocycles. The lowest BCUT2D eigenvalue weighted by Gasteiger charge is -2.27. The molecule has 1 N–H and O–H groups in total. The molecule has 0 fully saturated rings. The molecule has 0 aliphatic heterocycles. The van der Waals surface area contributed by atoms with Gasteiger partial charge in [-0.25, -0.2) is 4.79 Å². The Hall–Kier alpha value is -2.33. The van der Waals surface area contributed by atoms with Crippen LogP contribution < -0.4 is 14.5 Å². The first kappa shape index (κ1) is 17.0. The van der Waals surface area contributed by atoms with E-state index in [9.17, 15) is 4.79 Å². The van der Waals surface area contributed by atoms with Gasteiger partial charge in [0.2, 0.25) is 0 Å². The van der Waals surface area contributed by atoms with Gasteiger partial charge in [0.1, 0.15) is 11.4 Å². The maximum Gasteiger partial charge on any atom is 0.417 e. The molecule has 0 saturated carbocycles. The van der Waals surface area contributed by atoms with E-state index in [1.165, 1.54) is 11.3 Å². The molecule has 0 unspecified atom stereocenters. The molecule has 23 heavy (non-hydrogen) atoms. The van der Waals surface area contributed by atoms with Gasteiger partial charge in [0.05, 0.1) is 21.1 Å². The number of hydrogen-bond acceptors (Lipinski definition) is 2. The quantitative estimate of drug-likeness (QED) is 0.837. The Morgan fingerprint density at radius 3 is 2.26 bits per heavy atom. The monoisotopic (exact) mass is 313 g/mol. The molecule has 0 heterocycles. The van der Waals surface area contributed by atoms with Gasteiger partial charge in [0.25, 0.3) is 0 Å². The molecule has 0 bridgehead atoms. The van der Waals surface area contributed by atoms with E-state index in [2.05, 4.69) is 40.3 Å². The van der Waals surface area contributed by atoms with E-state index in [0.717, 1.165) is 4.48 Å². The van der Waals surface area contributed by atoms with Gasteiger partial charge < -0.3 is 4.74 Å². The number of ether oxygens (including phenoxy) is 1. The van der Waals surface area contributed by atoms with Gasteiger partial charge in [-0.2, -0.15) is 0 Å². The molecular weight excluding hydrogens is 288 g/mol. The van der Waals surface area contributed by atoms with Crippen LogP contribution in [-0.2, 0) is 0 Å². The average Bonchev–Trinajstić information content (AvgIpc) is 2.46. The summed E-state index contributed by atoms with van der Waals surface area (Å²) in [6, 6.07) is 15.1. The highest BCUT2D eigenvalue weighted by atomic mass is 16.6. The molecule has 0 spiro atoms. The number of carbonyl (C=O) groups is 1. The predicted molar refractivity (Wildman–Crippen MR) is 96.2 cm³/mol. The van der Waals surface area contributed by atoms with Crippen molar-refractivity contribution < 1.29 is 9.53 Å². The van der Waals surface area contributed by atoms with E-state index in [1.807, 2.05) is 48.5 Å². The van der Waals surface area contributed by atoms with Crippen molar-refractivity contribution in [2.45, 2.75) is 19.8 Å². The number of carbonyl (C=O) groups excluding carboxylic acids is 1. The lowest BCUT2D eigenvalue weighted by atomic mass is 9.99. The molecule has 0 radical (unpaired) electrons. The molecule has 0 atom stereocenters. The van der Waals surface area contributed by atoms with Crippen molar-refractivity contribution in [2.75, 3.05) is 26.5 Å². The SMILES string of the molecule is CC(C)c1cc(OC(=O)Nc2ccccc2)ccc1[N+](C)(C)C. The number of benzene rings is 2. The Kier molecular flexibility index (Phi) is 5.06. The van der Waals surface area contributed by atoms with Crippen molar-refractivity contribution in [3.8, 4) is 5.75 Å². The number of rotatable bonds is 4. The standard InChI is InChI=1S/C19H24N2O2/c1-14(2)17-13-16(11-12-18(17)21(3,4)5)23-19(22)20-15-9-7-6-8-10-15/h6-14H,1-5H3/p+1. The molecule has 2 rings (SSSR count). The second-order valence-corrected chi connectivity index (χ2v) is 6.77. The summed E-state index contributed by atoms with van der Waals surface area (Å²) in [5.74, 6) is 0.905. The molecule has 4 heteroatoms. The van der Waals surface area contributed by atoms with Crippen LogP contribution in [0.4, 0.5) is 16.2 Å². The van der Waals surface area contributed by atoms with E-state index < -0.39 is 6.09 Å². The molecule has 0 saturated heterocycles. The minimum Gasteiger partial charge on any atom is -0.410 e. The van der Waals surface area contributed by atoms with Crippen molar-refractivity contribution in [2.24, 2.45) is 0 Å². The molecule has 4 nitrogen and oxygen atoms in total. The zero-order valence-corrected chi connectivity index (χ0v) is 14.5. The Morgan fingerprint density at radius 1 is 1.04 bits per heavy atom. The van der Waals surface area contributed by atoms with Crippen molar-refractivity contribution >= 4 is 17.5 Å². The number of hydrogen-bond donors (Lipinski definition) is 1. The third kappa shape index (κ3) is 4.57. The topological polar surface area (TPSA) is 38.3 Å². The second-order valence-electron chi connectivity index (χ2n) is 6.77. The minimum atomic E-state index is -0.482. The van der Waals surface area contributed by atoms with Gasteiger partial charge in [-0.3, -0.25) is 9.80 Å². The summed E-state index contributed by atoms with van der Waals surface area (Å²) in [4.78, 5) is 12.0. The van der Waals surface area contributed by atoms with Crippen LogP contribution >= 0.6 is 0 Å². The van der Waals surface area contributed by atoms with Gasteiger partial charge in [-0.05, 0) is 30.2 Å². The fourth-order valence-corrected chi connectivity index (χ4v) is 2.44. The van der Waals surface area contributed by atoms with E-state index in [1.54, 1.807) is 0 Å². The maximum atomic E-state index is 12.0. The van der Waals surface area contributed by atoms with E-state index in [-0.39, 0.29) is 0 Å². The van der Waals surface area contributed by atoms with Crippen LogP contribution in [0.3, 0.4) is 0 Å². The summed E-state index contributed by atoms with van der Waals surface area (Å²) in [6.45, 7) is 4.28. The normalized spacial score (nSPS) is 11.4. The minimum absolute atomic E-state index is 0.350. The van der Waals surface area contributed by atoms with E-state index in [4.69, 9.17) is 4.74 Å². The van der Waals surface area contributed by atoms with Crippen molar-refractivity contribution in [3.05, 3.63) is 54.1 Å². The van der Waals surface area contributed by atoms with Crippen LogP contribution in [0.5, 0.6) is 5.75 Å². The van der Waals surface area contributed by atoms with Crippen molar-refractivity contribution in [1.29, 1.82) is 0 Å². The molecule has 0 aliphatic carbocycles. The number of nitrogens with one attached hydrogen (secondary N) is 1. The zero-order chi connectivity index (χ0) is 17.0. The Bertz CT molecular complexity index is 674. The molecule has 2 aromatic carbocycles. The first-order valence-electron chi connectivity index (χ1n) is 7.77.